The molecule has 0 radical (unpaired) electrons. The summed E-state index contributed by atoms with van der Waals surface area (Å²) in [7, 11) is 0. The molecular formula is C21H30N2O3. The summed E-state index contributed by atoms with van der Waals surface area (Å²) in [4.78, 5) is 7.27. The van der Waals surface area contributed by atoms with E-state index < -0.39 is 0 Å². The second kappa shape index (κ2) is 9.19. The van der Waals surface area contributed by atoms with Gasteiger partial charge in [-0.05, 0) is 70.3 Å². The van der Waals surface area contributed by atoms with Crippen molar-refractivity contribution in [2.75, 3.05) is 19.8 Å². The van der Waals surface area contributed by atoms with E-state index in [0.29, 0.717) is 18.5 Å². The largest absolute Gasteiger partial charge is 0.494 e. The van der Waals surface area contributed by atoms with E-state index in [9.17, 15) is 0 Å². The van der Waals surface area contributed by atoms with Crippen LogP contribution >= 0.6 is 0 Å². The van der Waals surface area contributed by atoms with Gasteiger partial charge in [0.25, 0.3) is 0 Å². The fourth-order valence-corrected chi connectivity index (χ4v) is 3.67. The predicted molar refractivity (Wildman–Crippen MR) is 102 cm³/mol. The molecule has 0 amide bonds. The lowest BCUT2D eigenvalue weighted by atomic mass is 9.98. The Hall–Kier alpha value is -1.85. The van der Waals surface area contributed by atoms with Crippen molar-refractivity contribution in [2.24, 2.45) is 0 Å². The number of aliphatic hydroxyl groups is 1. The second-order valence-electron chi connectivity index (χ2n) is 6.97. The van der Waals surface area contributed by atoms with Gasteiger partial charge in [0.05, 0.1) is 12.3 Å². The summed E-state index contributed by atoms with van der Waals surface area (Å²) < 4.78 is 11.4. The summed E-state index contributed by atoms with van der Waals surface area (Å²) in [6.07, 6.45) is 5.65. The van der Waals surface area contributed by atoms with E-state index in [-0.39, 0.29) is 6.61 Å². The third-order valence-corrected chi connectivity index (χ3v) is 5.10. The highest BCUT2D eigenvalue weighted by molar-refractivity contribution is 5.55. The molecule has 1 fully saturated rings. The fraction of sp³-hybridized carbons (Fsp3) is 0.571. The number of aryl methyl sites for hydroxylation is 1. The molecule has 0 bridgehead atoms. The number of nitrogens with zero attached hydrogens (tertiary/aromatic N) is 2. The minimum absolute atomic E-state index is 0.273. The van der Waals surface area contributed by atoms with E-state index in [4.69, 9.17) is 19.2 Å². The third kappa shape index (κ3) is 4.65. The number of ether oxygens (including phenoxy) is 1. The topological polar surface area (TPSA) is 58.7 Å². The maximum absolute atomic E-state index is 9.14. The maximum Gasteiger partial charge on any atom is 0.226 e. The number of hydrogen-bond donors (Lipinski definition) is 1. The predicted octanol–water partition coefficient (Wildman–Crippen LogP) is 4.18. The zero-order chi connectivity index (χ0) is 18.4. The minimum atomic E-state index is 0.273. The number of hydrogen-bond acceptors (Lipinski definition) is 5. The molecule has 0 spiro atoms. The average molecular weight is 358 g/mol. The Balaban J connectivity index is 1.70. The molecule has 1 saturated heterocycles. The molecule has 142 valence electrons. The standard InChI is InChI=1S/C21H30N2O3/c1-3-25-19-11-9-17(10-12-19)21-22-20(16(2)26-21)15-23-13-5-4-7-18(23)8-6-14-24/h9-12,18,24H,3-8,13-15H2,1-2H3/t18-/m0/s1. The van der Waals surface area contributed by atoms with Gasteiger partial charge in [0.15, 0.2) is 0 Å². The first kappa shape index (κ1) is 18.9. The lowest BCUT2D eigenvalue weighted by Crippen LogP contribution is -2.39. The van der Waals surface area contributed by atoms with Crippen LogP contribution in [0.4, 0.5) is 0 Å². The lowest BCUT2D eigenvalue weighted by molar-refractivity contribution is 0.122. The molecule has 1 aliphatic heterocycles. The monoisotopic (exact) mass is 358 g/mol. The van der Waals surface area contributed by atoms with Gasteiger partial charge in [-0.2, -0.15) is 0 Å². The highest BCUT2D eigenvalue weighted by Crippen LogP contribution is 2.27. The number of rotatable bonds is 8. The van der Waals surface area contributed by atoms with Gasteiger partial charge in [-0.1, -0.05) is 6.42 Å². The summed E-state index contributed by atoms with van der Waals surface area (Å²) in [5, 5.41) is 9.14. The molecule has 1 aromatic heterocycles. The molecular weight excluding hydrogens is 328 g/mol. The second-order valence-corrected chi connectivity index (χ2v) is 6.97. The highest BCUT2D eigenvalue weighted by Gasteiger charge is 2.24. The first-order valence-corrected chi connectivity index (χ1v) is 9.75. The van der Waals surface area contributed by atoms with Crippen LogP contribution in [0.15, 0.2) is 28.7 Å². The molecule has 2 heterocycles. The van der Waals surface area contributed by atoms with Gasteiger partial charge in [0.1, 0.15) is 11.5 Å². The molecule has 0 aliphatic carbocycles. The van der Waals surface area contributed by atoms with Crippen LogP contribution in [0.25, 0.3) is 11.5 Å². The molecule has 3 rings (SSSR count). The molecule has 5 nitrogen and oxygen atoms in total. The van der Waals surface area contributed by atoms with Crippen molar-refractivity contribution in [3.8, 4) is 17.2 Å². The Bertz CT molecular complexity index is 681. The van der Waals surface area contributed by atoms with Crippen molar-refractivity contribution < 1.29 is 14.3 Å². The van der Waals surface area contributed by atoms with Crippen LogP contribution in [0.5, 0.6) is 5.75 Å². The number of benzene rings is 1. The number of aliphatic hydroxyl groups excluding tert-OH is 1. The zero-order valence-electron chi connectivity index (χ0n) is 15.9. The zero-order valence-corrected chi connectivity index (χ0v) is 15.9. The lowest BCUT2D eigenvalue weighted by Gasteiger charge is -2.35. The van der Waals surface area contributed by atoms with Crippen LogP contribution in [0, 0.1) is 6.92 Å². The quantitative estimate of drug-likeness (QED) is 0.767. The molecule has 1 aliphatic rings. The molecule has 26 heavy (non-hydrogen) atoms. The number of likely N-dealkylation sites (tertiary alicyclic amines) is 1. The molecule has 1 aromatic carbocycles. The summed E-state index contributed by atoms with van der Waals surface area (Å²) in [5.74, 6) is 2.42. The summed E-state index contributed by atoms with van der Waals surface area (Å²) in [6.45, 7) is 6.83. The van der Waals surface area contributed by atoms with Gasteiger partial charge >= 0.3 is 0 Å². The van der Waals surface area contributed by atoms with Crippen LogP contribution in [0.2, 0.25) is 0 Å². The number of piperidine rings is 1. The van der Waals surface area contributed by atoms with Crippen LogP contribution in [-0.4, -0.2) is 40.8 Å². The molecule has 0 saturated carbocycles. The number of aromatic nitrogens is 1. The molecule has 1 atom stereocenters. The van der Waals surface area contributed by atoms with E-state index in [1.807, 2.05) is 38.1 Å². The Labute approximate surface area is 156 Å². The van der Waals surface area contributed by atoms with Gasteiger partial charge in [-0.15, -0.1) is 0 Å². The average Bonchev–Trinajstić information content (AvgIpc) is 3.02. The van der Waals surface area contributed by atoms with E-state index in [0.717, 1.165) is 48.7 Å². The van der Waals surface area contributed by atoms with E-state index in [2.05, 4.69) is 4.90 Å². The SMILES string of the molecule is CCOc1ccc(-c2nc(CN3CCCC[C@H]3CCCO)c(C)o2)cc1. The smallest absolute Gasteiger partial charge is 0.226 e. The first-order chi connectivity index (χ1) is 12.7. The van der Waals surface area contributed by atoms with E-state index >= 15 is 0 Å². The van der Waals surface area contributed by atoms with Crippen molar-refractivity contribution in [1.29, 1.82) is 0 Å². The van der Waals surface area contributed by atoms with Crippen molar-refractivity contribution in [2.45, 2.75) is 58.5 Å². The van der Waals surface area contributed by atoms with Gasteiger partial charge in [0, 0.05) is 24.8 Å². The van der Waals surface area contributed by atoms with Gasteiger partial charge < -0.3 is 14.3 Å². The van der Waals surface area contributed by atoms with Gasteiger partial charge in [0.2, 0.25) is 5.89 Å². The highest BCUT2D eigenvalue weighted by atomic mass is 16.5. The van der Waals surface area contributed by atoms with Crippen LogP contribution in [0.3, 0.4) is 0 Å². The molecule has 5 heteroatoms. The number of oxazole rings is 1. The van der Waals surface area contributed by atoms with Crippen molar-refractivity contribution in [1.82, 2.24) is 9.88 Å². The maximum atomic E-state index is 9.14. The fourth-order valence-electron chi connectivity index (χ4n) is 3.67. The summed E-state index contributed by atoms with van der Waals surface area (Å²) >= 11 is 0. The third-order valence-electron chi connectivity index (χ3n) is 5.10. The van der Waals surface area contributed by atoms with Crippen molar-refractivity contribution in [3.05, 3.63) is 35.7 Å². The van der Waals surface area contributed by atoms with Crippen LogP contribution < -0.4 is 4.74 Å². The van der Waals surface area contributed by atoms with E-state index in [1.165, 1.54) is 19.3 Å². The van der Waals surface area contributed by atoms with Crippen molar-refractivity contribution >= 4 is 0 Å². The van der Waals surface area contributed by atoms with Crippen LogP contribution in [-0.2, 0) is 6.54 Å². The molecule has 1 N–H and O–H groups in total. The van der Waals surface area contributed by atoms with Crippen molar-refractivity contribution in [3.63, 3.8) is 0 Å². The summed E-state index contributed by atoms with van der Waals surface area (Å²) in [6, 6.07) is 8.43. The normalized spacial score (nSPS) is 18.2. The van der Waals surface area contributed by atoms with Crippen LogP contribution in [0.1, 0.15) is 50.5 Å². The Kier molecular flexibility index (Phi) is 6.69. The Morgan fingerprint density at radius 1 is 1.27 bits per heavy atom. The van der Waals surface area contributed by atoms with Gasteiger partial charge in [-0.3, -0.25) is 4.90 Å². The van der Waals surface area contributed by atoms with Gasteiger partial charge in [-0.25, -0.2) is 4.98 Å². The summed E-state index contributed by atoms with van der Waals surface area (Å²) in [5.41, 5.74) is 1.99. The van der Waals surface area contributed by atoms with E-state index in [1.54, 1.807) is 0 Å². The molecule has 0 unspecified atom stereocenters. The first-order valence-electron chi connectivity index (χ1n) is 9.75. The Morgan fingerprint density at radius 3 is 2.81 bits per heavy atom. The molecule has 2 aromatic rings. The Morgan fingerprint density at radius 2 is 2.08 bits per heavy atom. The minimum Gasteiger partial charge on any atom is -0.494 e.